The predicted octanol–water partition coefficient (Wildman–Crippen LogP) is 1.06. The van der Waals surface area contributed by atoms with E-state index < -0.39 is 38.2 Å². The third-order valence-corrected chi connectivity index (χ3v) is 2.25. The van der Waals surface area contributed by atoms with E-state index in [0.717, 1.165) is 0 Å². The second-order valence-corrected chi connectivity index (χ2v) is 3.67. The van der Waals surface area contributed by atoms with Crippen molar-refractivity contribution in [3.63, 3.8) is 0 Å². The number of phenolic OH excluding ortho intramolecular Hbond substituents is 1. The van der Waals surface area contributed by atoms with E-state index >= 15 is 0 Å². The van der Waals surface area contributed by atoms with Gasteiger partial charge in [-0.2, -0.15) is 12.8 Å². The van der Waals surface area contributed by atoms with Crippen LogP contribution in [0.5, 0.6) is 5.75 Å². The van der Waals surface area contributed by atoms with Gasteiger partial charge in [0.25, 0.3) is 0 Å². The first-order valence-electron chi connectivity index (χ1n) is 3.09. The van der Waals surface area contributed by atoms with Crippen LogP contribution in [-0.2, 0) is 10.1 Å². The van der Waals surface area contributed by atoms with E-state index in [2.05, 4.69) is 0 Å². The van der Waals surface area contributed by atoms with E-state index in [-0.39, 0.29) is 6.07 Å². The van der Waals surface area contributed by atoms with E-state index in [0.29, 0.717) is 0 Å². The second kappa shape index (κ2) is 3.14. The van der Waals surface area contributed by atoms with Crippen LogP contribution in [-0.4, -0.2) is 18.1 Å². The maximum atomic E-state index is 12.7. The molecule has 0 fully saturated rings. The Morgan fingerprint density at radius 3 is 2.07 bits per heavy atom. The number of hydrogen-bond acceptors (Lipinski definition) is 3. The maximum Gasteiger partial charge on any atom is 0.300 e. The topological polar surface area (TPSA) is 74.6 Å². The largest absolute Gasteiger partial charge is 0.505 e. The highest BCUT2D eigenvalue weighted by atomic mass is 32.2. The van der Waals surface area contributed by atoms with Crippen molar-refractivity contribution in [3.8, 4) is 5.75 Å². The van der Waals surface area contributed by atoms with Gasteiger partial charge in [0.2, 0.25) is 5.82 Å². The van der Waals surface area contributed by atoms with Gasteiger partial charge in [0.05, 0.1) is 0 Å². The molecule has 0 saturated heterocycles. The fraction of sp³-hybridized carbons (Fsp3) is 0. The predicted molar refractivity (Wildman–Crippen MR) is 37.8 cm³/mol. The summed E-state index contributed by atoms with van der Waals surface area (Å²) in [6, 6.07) is 0.0432. The Morgan fingerprint density at radius 2 is 1.64 bits per heavy atom. The van der Waals surface area contributed by atoms with Crippen molar-refractivity contribution in [1.29, 1.82) is 0 Å². The van der Waals surface area contributed by atoms with Crippen LogP contribution < -0.4 is 0 Å². The van der Waals surface area contributed by atoms with Gasteiger partial charge in [-0.1, -0.05) is 0 Å². The van der Waals surface area contributed by atoms with Gasteiger partial charge in [-0.3, -0.25) is 4.55 Å². The molecule has 0 aliphatic carbocycles. The third-order valence-electron chi connectivity index (χ3n) is 1.36. The van der Waals surface area contributed by atoms with Gasteiger partial charge in [-0.25, -0.2) is 8.78 Å². The summed E-state index contributed by atoms with van der Waals surface area (Å²) in [7, 11) is -5.20. The highest BCUT2D eigenvalue weighted by molar-refractivity contribution is 7.85. The van der Waals surface area contributed by atoms with Crippen molar-refractivity contribution in [1.82, 2.24) is 0 Å². The molecule has 78 valence electrons. The molecule has 0 spiro atoms. The Morgan fingerprint density at radius 1 is 1.14 bits per heavy atom. The summed E-state index contributed by atoms with van der Waals surface area (Å²) in [6.07, 6.45) is 0. The lowest BCUT2D eigenvalue weighted by Crippen LogP contribution is -2.07. The van der Waals surface area contributed by atoms with Crippen LogP contribution in [0.3, 0.4) is 0 Å². The fourth-order valence-electron chi connectivity index (χ4n) is 0.802. The van der Waals surface area contributed by atoms with Crippen molar-refractivity contribution in [2.45, 2.75) is 4.90 Å². The lowest BCUT2D eigenvalue weighted by molar-refractivity contribution is 0.381. The zero-order valence-corrected chi connectivity index (χ0v) is 7.15. The standard InChI is InChI=1S/C6H3F3O4S/c7-2-1-3(10)4(8)5(9)6(2)14(11,12)13/h1,10H,(H,11,12,13). The molecule has 0 heterocycles. The highest BCUT2D eigenvalue weighted by Crippen LogP contribution is 2.27. The third kappa shape index (κ3) is 1.66. The molecule has 1 aromatic rings. The molecule has 0 aliphatic heterocycles. The SMILES string of the molecule is O=S(=O)(O)c1c(F)cc(O)c(F)c1F. The average Bonchev–Trinajstić information content (AvgIpc) is 1.97. The Bertz CT molecular complexity index is 482. The summed E-state index contributed by atoms with van der Waals surface area (Å²) in [4.78, 5) is -1.83. The van der Waals surface area contributed by atoms with Crippen molar-refractivity contribution in [3.05, 3.63) is 23.5 Å². The first-order valence-corrected chi connectivity index (χ1v) is 4.53. The summed E-state index contributed by atoms with van der Waals surface area (Å²) in [5, 5.41) is 8.54. The Balaban J connectivity index is 3.70. The molecule has 1 aromatic carbocycles. The number of phenols is 1. The van der Waals surface area contributed by atoms with Crippen LogP contribution in [0.25, 0.3) is 0 Å². The molecular formula is C6H3F3O4S. The van der Waals surface area contributed by atoms with Crippen LogP contribution in [0.4, 0.5) is 13.2 Å². The van der Waals surface area contributed by atoms with Gasteiger partial charge in [0.1, 0.15) is 0 Å². The van der Waals surface area contributed by atoms with Gasteiger partial charge in [0.15, 0.2) is 22.3 Å². The minimum Gasteiger partial charge on any atom is -0.505 e. The van der Waals surface area contributed by atoms with Crippen LogP contribution >= 0.6 is 0 Å². The normalized spacial score (nSPS) is 11.7. The van der Waals surface area contributed by atoms with E-state index in [1.807, 2.05) is 0 Å². The minimum atomic E-state index is -5.20. The lowest BCUT2D eigenvalue weighted by atomic mass is 10.3. The molecule has 2 N–H and O–H groups in total. The highest BCUT2D eigenvalue weighted by Gasteiger charge is 2.27. The molecular weight excluding hydrogens is 225 g/mol. The average molecular weight is 228 g/mol. The van der Waals surface area contributed by atoms with Gasteiger partial charge in [0, 0.05) is 6.07 Å². The van der Waals surface area contributed by atoms with Crippen molar-refractivity contribution in [2.24, 2.45) is 0 Å². The monoisotopic (exact) mass is 228 g/mol. The molecule has 0 saturated carbocycles. The maximum absolute atomic E-state index is 12.7. The number of rotatable bonds is 1. The van der Waals surface area contributed by atoms with Gasteiger partial charge in [-0.15, -0.1) is 0 Å². The Labute approximate surface area is 76.4 Å². The molecule has 1 rings (SSSR count). The van der Waals surface area contributed by atoms with Crippen LogP contribution in [0.15, 0.2) is 11.0 Å². The van der Waals surface area contributed by atoms with Gasteiger partial charge in [-0.05, 0) is 0 Å². The quantitative estimate of drug-likeness (QED) is 0.556. The zero-order chi connectivity index (χ0) is 11.1. The van der Waals surface area contributed by atoms with E-state index in [4.69, 9.17) is 9.66 Å². The van der Waals surface area contributed by atoms with Gasteiger partial charge < -0.3 is 5.11 Å². The molecule has 0 aliphatic rings. The number of halogens is 3. The van der Waals surface area contributed by atoms with E-state index in [1.165, 1.54) is 0 Å². The Hall–Kier alpha value is -1.28. The van der Waals surface area contributed by atoms with Gasteiger partial charge >= 0.3 is 10.1 Å². The van der Waals surface area contributed by atoms with Crippen LogP contribution in [0.1, 0.15) is 0 Å². The Kier molecular flexibility index (Phi) is 2.42. The minimum absolute atomic E-state index is 0.0432. The van der Waals surface area contributed by atoms with Crippen LogP contribution in [0.2, 0.25) is 0 Å². The second-order valence-electron chi connectivity index (χ2n) is 2.31. The molecule has 8 heteroatoms. The summed E-state index contributed by atoms with van der Waals surface area (Å²) in [5.41, 5.74) is 0. The summed E-state index contributed by atoms with van der Waals surface area (Å²) in [6.45, 7) is 0. The molecule has 0 amide bonds. The summed E-state index contributed by atoms with van der Waals surface area (Å²) < 4.78 is 67.0. The van der Waals surface area contributed by atoms with Crippen molar-refractivity contribution < 1.29 is 31.2 Å². The smallest absolute Gasteiger partial charge is 0.300 e. The lowest BCUT2D eigenvalue weighted by Gasteiger charge is -2.03. The molecule has 0 radical (unpaired) electrons. The molecule has 0 unspecified atom stereocenters. The van der Waals surface area contributed by atoms with E-state index in [9.17, 15) is 21.6 Å². The molecule has 0 aromatic heterocycles. The number of aromatic hydroxyl groups is 1. The van der Waals surface area contributed by atoms with Crippen LogP contribution in [0, 0.1) is 17.5 Å². The number of hydrogen-bond donors (Lipinski definition) is 2. The van der Waals surface area contributed by atoms with Crippen molar-refractivity contribution >= 4 is 10.1 Å². The van der Waals surface area contributed by atoms with Crippen molar-refractivity contribution in [2.75, 3.05) is 0 Å². The summed E-state index contributed by atoms with van der Waals surface area (Å²) in [5.74, 6) is -7.26. The van der Waals surface area contributed by atoms with E-state index in [1.54, 1.807) is 0 Å². The molecule has 4 nitrogen and oxygen atoms in total. The molecule has 0 atom stereocenters. The molecule has 14 heavy (non-hydrogen) atoms. The summed E-state index contributed by atoms with van der Waals surface area (Å²) >= 11 is 0. The first kappa shape index (κ1) is 10.8. The molecule has 0 bridgehead atoms. The zero-order valence-electron chi connectivity index (χ0n) is 6.33. The first-order chi connectivity index (χ1) is 6.25. The number of benzene rings is 1. The fourth-order valence-corrected chi connectivity index (χ4v) is 1.42.